The van der Waals surface area contributed by atoms with Crippen molar-refractivity contribution in [2.75, 3.05) is 11.1 Å². The van der Waals surface area contributed by atoms with Gasteiger partial charge in [-0.2, -0.15) is 0 Å². The second kappa shape index (κ2) is 5.12. The van der Waals surface area contributed by atoms with E-state index in [1.54, 1.807) is 30.5 Å². The van der Waals surface area contributed by atoms with Crippen molar-refractivity contribution < 1.29 is 0 Å². The third-order valence-electron chi connectivity index (χ3n) is 2.09. The van der Waals surface area contributed by atoms with Gasteiger partial charge in [-0.05, 0) is 34.1 Å². The van der Waals surface area contributed by atoms with Crippen LogP contribution in [0.3, 0.4) is 0 Å². The van der Waals surface area contributed by atoms with Gasteiger partial charge < -0.3 is 11.1 Å². The van der Waals surface area contributed by atoms with Gasteiger partial charge >= 0.3 is 0 Å². The summed E-state index contributed by atoms with van der Waals surface area (Å²) in [5, 5.41) is 4.05. The molecular weight excluding hydrogens is 325 g/mol. The number of anilines is 3. The van der Waals surface area contributed by atoms with Crippen LogP contribution >= 0.6 is 39.1 Å². The van der Waals surface area contributed by atoms with Gasteiger partial charge in [-0.25, -0.2) is 4.98 Å². The van der Waals surface area contributed by atoms with E-state index in [4.69, 9.17) is 28.9 Å². The molecule has 3 N–H and O–H groups in total. The molecule has 0 spiro atoms. The van der Waals surface area contributed by atoms with E-state index in [0.29, 0.717) is 27.2 Å². The minimum absolute atomic E-state index is 0.510. The lowest BCUT2D eigenvalue weighted by atomic mass is 10.3. The molecule has 0 aliphatic rings. The van der Waals surface area contributed by atoms with Gasteiger partial charge in [0.2, 0.25) is 0 Å². The van der Waals surface area contributed by atoms with Crippen LogP contribution in [0, 0.1) is 0 Å². The molecule has 2 aromatic rings. The fourth-order valence-corrected chi connectivity index (χ4v) is 2.14. The standard InChI is InChI=1S/C11H8BrCl2N3/c12-6-4-9(15)11(16-5-6)17-10-7(13)2-1-3-8(10)14/h1-5H,15H2,(H,16,17). The molecule has 6 heteroatoms. The molecule has 0 radical (unpaired) electrons. The number of hydrogen-bond acceptors (Lipinski definition) is 3. The van der Waals surface area contributed by atoms with Gasteiger partial charge in [0, 0.05) is 10.7 Å². The maximum atomic E-state index is 6.04. The molecule has 0 bridgehead atoms. The summed E-state index contributed by atoms with van der Waals surface area (Å²) in [6.45, 7) is 0. The second-order valence-electron chi connectivity index (χ2n) is 3.31. The molecule has 17 heavy (non-hydrogen) atoms. The number of pyridine rings is 1. The zero-order chi connectivity index (χ0) is 12.4. The van der Waals surface area contributed by atoms with Gasteiger partial charge in [0.05, 0.1) is 21.4 Å². The number of halogens is 3. The van der Waals surface area contributed by atoms with E-state index < -0.39 is 0 Å². The van der Waals surface area contributed by atoms with Crippen LogP contribution in [-0.2, 0) is 0 Å². The molecule has 0 aliphatic carbocycles. The minimum Gasteiger partial charge on any atom is -0.396 e. The summed E-state index contributed by atoms with van der Waals surface area (Å²) in [6.07, 6.45) is 1.64. The zero-order valence-electron chi connectivity index (χ0n) is 8.55. The van der Waals surface area contributed by atoms with Crippen LogP contribution in [0.2, 0.25) is 10.0 Å². The van der Waals surface area contributed by atoms with Crippen molar-refractivity contribution in [3.05, 3.63) is 45.0 Å². The van der Waals surface area contributed by atoms with E-state index in [0.717, 1.165) is 4.47 Å². The van der Waals surface area contributed by atoms with Gasteiger partial charge in [0.25, 0.3) is 0 Å². The summed E-state index contributed by atoms with van der Waals surface area (Å²) in [4.78, 5) is 4.16. The first-order valence-corrected chi connectivity index (χ1v) is 6.25. The lowest BCUT2D eigenvalue weighted by Crippen LogP contribution is -2.00. The Hall–Kier alpha value is -0.970. The van der Waals surface area contributed by atoms with E-state index in [2.05, 4.69) is 26.2 Å². The normalized spacial score (nSPS) is 10.3. The first-order chi connectivity index (χ1) is 8.08. The van der Waals surface area contributed by atoms with Crippen molar-refractivity contribution in [1.29, 1.82) is 0 Å². The van der Waals surface area contributed by atoms with Crippen molar-refractivity contribution in [1.82, 2.24) is 4.98 Å². The predicted octanol–water partition coefficient (Wildman–Crippen LogP) is 4.48. The first-order valence-electron chi connectivity index (χ1n) is 4.70. The average Bonchev–Trinajstić information content (AvgIpc) is 2.26. The largest absolute Gasteiger partial charge is 0.396 e. The smallest absolute Gasteiger partial charge is 0.153 e. The number of nitrogens with zero attached hydrogens (tertiary/aromatic N) is 1. The molecule has 0 saturated carbocycles. The average molecular weight is 333 g/mol. The van der Waals surface area contributed by atoms with E-state index in [1.807, 2.05) is 0 Å². The van der Waals surface area contributed by atoms with Crippen LogP contribution in [-0.4, -0.2) is 4.98 Å². The molecule has 0 unspecified atom stereocenters. The molecule has 0 fully saturated rings. The van der Waals surface area contributed by atoms with Gasteiger partial charge in [-0.3, -0.25) is 0 Å². The maximum absolute atomic E-state index is 6.04. The highest BCUT2D eigenvalue weighted by Crippen LogP contribution is 2.33. The highest BCUT2D eigenvalue weighted by Gasteiger charge is 2.08. The van der Waals surface area contributed by atoms with E-state index >= 15 is 0 Å². The molecular formula is C11H8BrCl2N3. The third kappa shape index (κ3) is 2.83. The predicted molar refractivity (Wildman–Crippen MR) is 76.1 cm³/mol. The lowest BCUT2D eigenvalue weighted by Gasteiger charge is -2.11. The van der Waals surface area contributed by atoms with Crippen molar-refractivity contribution in [2.45, 2.75) is 0 Å². The number of benzene rings is 1. The molecule has 1 aromatic carbocycles. The maximum Gasteiger partial charge on any atom is 0.153 e. The van der Waals surface area contributed by atoms with Crippen molar-refractivity contribution in [2.24, 2.45) is 0 Å². The van der Waals surface area contributed by atoms with Crippen LogP contribution < -0.4 is 11.1 Å². The molecule has 0 amide bonds. The summed E-state index contributed by atoms with van der Waals surface area (Å²) in [7, 11) is 0. The molecule has 0 saturated heterocycles. The second-order valence-corrected chi connectivity index (χ2v) is 5.04. The Morgan fingerprint density at radius 1 is 1.24 bits per heavy atom. The topological polar surface area (TPSA) is 50.9 Å². The number of nitrogen functional groups attached to an aromatic ring is 1. The van der Waals surface area contributed by atoms with E-state index in [-0.39, 0.29) is 0 Å². The summed E-state index contributed by atoms with van der Waals surface area (Å²) in [5.41, 5.74) is 6.93. The van der Waals surface area contributed by atoms with Crippen LogP contribution in [0.4, 0.5) is 17.2 Å². The zero-order valence-corrected chi connectivity index (χ0v) is 11.6. The van der Waals surface area contributed by atoms with Crippen LogP contribution in [0.15, 0.2) is 34.9 Å². The Balaban J connectivity index is 2.38. The van der Waals surface area contributed by atoms with Gasteiger partial charge in [0.1, 0.15) is 0 Å². The number of rotatable bonds is 2. The molecule has 0 atom stereocenters. The highest BCUT2D eigenvalue weighted by atomic mass is 79.9. The van der Waals surface area contributed by atoms with Crippen LogP contribution in [0.25, 0.3) is 0 Å². The van der Waals surface area contributed by atoms with Crippen molar-refractivity contribution in [3.63, 3.8) is 0 Å². The molecule has 3 nitrogen and oxygen atoms in total. The lowest BCUT2D eigenvalue weighted by molar-refractivity contribution is 1.30. The summed E-state index contributed by atoms with van der Waals surface area (Å²) in [6, 6.07) is 7.00. The Bertz CT molecular complexity index is 540. The number of hydrogen-bond donors (Lipinski definition) is 2. The van der Waals surface area contributed by atoms with E-state index in [1.165, 1.54) is 0 Å². The highest BCUT2D eigenvalue weighted by molar-refractivity contribution is 9.10. The fourth-order valence-electron chi connectivity index (χ4n) is 1.30. The fraction of sp³-hybridized carbons (Fsp3) is 0. The number of nitrogens with one attached hydrogen (secondary N) is 1. The summed E-state index contributed by atoms with van der Waals surface area (Å²) in [5.74, 6) is 0.517. The number of para-hydroxylation sites is 1. The van der Waals surface area contributed by atoms with Gasteiger partial charge in [0.15, 0.2) is 5.82 Å². The Morgan fingerprint density at radius 3 is 2.47 bits per heavy atom. The number of nitrogens with two attached hydrogens (primary N) is 1. The summed E-state index contributed by atoms with van der Waals surface area (Å²) < 4.78 is 0.811. The Kier molecular flexibility index (Phi) is 3.76. The molecule has 2 rings (SSSR count). The first kappa shape index (κ1) is 12.5. The third-order valence-corrected chi connectivity index (χ3v) is 3.15. The SMILES string of the molecule is Nc1cc(Br)cnc1Nc1c(Cl)cccc1Cl. The molecule has 0 aliphatic heterocycles. The molecule has 1 heterocycles. The van der Waals surface area contributed by atoms with Gasteiger partial charge in [-0.1, -0.05) is 29.3 Å². The molecule has 88 valence electrons. The van der Waals surface area contributed by atoms with Crippen molar-refractivity contribution >= 4 is 56.3 Å². The Morgan fingerprint density at radius 2 is 1.88 bits per heavy atom. The Labute approximate surface area is 117 Å². The van der Waals surface area contributed by atoms with Crippen LogP contribution in [0.1, 0.15) is 0 Å². The monoisotopic (exact) mass is 331 g/mol. The minimum atomic E-state index is 0.510. The van der Waals surface area contributed by atoms with Crippen molar-refractivity contribution in [3.8, 4) is 0 Å². The molecule has 1 aromatic heterocycles. The summed E-state index contributed by atoms with van der Waals surface area (Å²) >= 11 is 15.4. The number of aromatic nitrogens is 1. The van der Waals surface area contributed by atoms with E-state index in [9.17, 15) is 0 Å². The van der Waals surface area contributed by atoms with Gasteiger partial charge in [-0.15, -0.1) is 0 Å². The quantitative estimate of drug-likeness (QED) is 0.852. The van der Waals surface area contributed by atoms with Crippen LogP contribution in [0.5, 0.6) is 0 Å².